The van der Waals surface area contributed by atoms with Gasteiger partial charge in [0.15, 0.2) is 0 Å². The minimum Gasteiger partial charge on any atom is -0.362 e. The Bertz CT molecular complexity index is 612. The highest BCUT2D eigenvalue weighted by atomic mass is 15.2. The van der Waals surface area contributed by atoms with Crippen molar-refractivity contribution in [1.82, 2.24) is 9.80 Å². The van der Waals surface area contributed by atoms with Crippen molar-refractivity contribution < 1.29 is 0 Å². The van der Waals surface area contributed by atoms with Crippen molar-refractivity contribution >= 4 is 5.84 Å². The van der Waals surface area contributed by atoms with Crippen LogP contribution in [0, 0.1) is 10.8 Å². The topological polar surface area (TPSA) is 18.8 Å². The zero-order valence-corrected chi connectivity index (χ0v) is 15.9. The van der Waals surface area contributed by atoms with E-state index in [0.717, 1.165) is 11.7 Å². The Labute approximate surface area is 136 Å². The summed E-state index contributed by atoms with van der Waals surface area (Å²) in [6.45, 7) is 13.7. The molecule has 3 nitrogen and oxygen atoms in total. The minimum atomic E-state index is 0.103. The molecule has 2 rings (SSSR count). The van der Waals surface area contributed by atoms with Gasteiger partial charge >= 0.3 is 0 Å². The van der Waals surface area contributed by atoms with Gasteiger partial charge in [0.1, 0.15) is 11.7 Å². The number of hydrogen-bond donors (Lipinski definition) is 0. The van der Waals surface area contributed by atoms with Gasteiger partial charge in [-0.1, -0.05) is 47.6 Å². The summed E-state index contributed by atoms with van der Waals surface area (Å²) in [4.78, 5) is 9.22. The van der Waals surface area contributed by atoms with E-state index in [-0.39, 0.29) is 10.8 Å². The van der Waals surface area contributed by atoms with Crippen LogP contribution in [0.5, 0.6) is 0 Å². The summed E-state index contributed by atoms with van der Waals surface area (Å²) in [5.41, 5.74) is 5.66. The summed E-state index contributed by atoms with van der Waals surface area (Å²) in [5.74, 6) is 2.17. The Morgan fingerprint density at radius 3 is 1.68 bits per heavy atom. The molecule has 0 atom stereocenters. The molecule has 1 aliphatic heterocycles. The number of likely N-dealkylation sites (N-methyl/N-ethyl adjacent to an activating group) is 1. The molecule has 0 unspecified atom stereocenters. The van der Waals surface area contributed by atoms with E-state index in [4.69, 9.17) is 4.99 Å². The normalized spacial score (nSPS) is 18.6. The number of hydrogen-bond acceptors (Lipinski definition) is 3. The lowest BCUT2D eigenvalue weighted by Gasteiger charge is -2.24. The van der Waals surface area contributed by atoms with Crippen molar-refractivity contribution in [3.63, 3.8) is 0 Å². The van der Waals surface area contributed by atoms with E-state index < -0.39 is 0 Å². The Balaban J connectivity index is 2.78. The Kier molecular flexibility index (Phi) is 3.83. The van der Waals surface area contributed by atoms with Crippen LogP contribution in [0.15, 0.2) is 39.2 Å². The van der Waals surface area contributed by atoms with Crippen LogP contribution in [0.3, 0.4) is 0 Å². The Hall–Kier alpha value is -1.51. The van der Waals surface area contributed by atoms with Gasteiger partial charge in [0.25, 0.3) is 0 Å². The van der Waals surface area contributed by atoms with E-state index in [1.165, 1.54) is 22.3 Å². The maximum atomic E-state index is 4.95. The third kappa shape index (κ3) is 2.62. The lowest BCUT2D eigenvalue weighted by Crippen LogP contribution is -2.25. The highest BCUT2D eigenvalue weighted by molar-refractivity contribution is 6.09. The van der Waals surface area contributed by atoms with Crippen LogP contribution in [0.25, 0.3) is 0 Å². The number of nitrogens with zero attached hydrogens (tertiary/aromatic N) is 3. The molecule has 0 aromatic heterocycles. The maximum Gasteiger partial charge on any atom is 0.138 e. The molecule has 0 saturated heterocycles. The molecule has 0 fully saturated rings. The van der Waals surface area contributed by atoms with Crippen LogP contribution in [0.2, 0.25) is 0 Å². The quantitative estimate of drug-likeness (QED) is 0.727. The van der Waals surface area contributed by atoms with Crippen LogP contribution in [-0.4, -0.2) is 43.8 Å². The highest BCUT2D eigenvalue weighted by Crippen LogP contribution is 2.50. The van der Waals surface area contributed by atoms with E-state index in [1.54, 1.807) is 0 Å². The monoisotopic (exact) mass is 301 g/mol. The lowest BCUT2D eigenvalue weighted by molar-refractivity contribution is 0.483. The molecule has 0 radical (unpaired) electrons. The Morgan fingerprint density at radius 2 is 1.32 bits per heavy atom. The van der Waals surface area contributed by atoms with Crippen LogP contribution in [-0.2, 0) is 0 Å². The molecule has 3 heteroatoms. The first-order chi connectivity index (χ1) is 9.85. The van der Waals surface area contributed by atoms with Crippen molar-refractivity contribution in [3.05, 3.63) is 34.2 Å². The molecule has 1 aliphatic carbocycles. The molecule has 1 heterocycles. The van der Waals surface area contributed by atoms with Crippen LogP contribution in [0.1, 0.15) is 41.5 Å². The molecule has 0 aromatic rings. The molecular weight excluding hydrogens is 270 g/mol. The van der Waals surface area contributed by atoms with E-state index >= 15 is 0 Å². The standard InChI is InChI=1S/C19H31N3/c1-18(2,3)12-11-13(19(4,5)6)15-14(12)16(21(7)8)20-17(15)22(9)10/h11H,1-10H3. The summed E-state index contributed by atoms with van der Waals surface area (Å²) < 4.78 is 0. The molecule has 22 heavy (non-hydrogen) atoms. The van der Waals surface area contributed by atoms with Crippen molar-refractivity contribution in [2.24, 2.45) is 15.8 Å². The lowest BCUT2D eigenvalue weighted by atomic mass is 9.82. The van der Waals surface area contributed by atoms with Gasteiger partial charge < -0.3 is 9.80 Å². The fourth-order valence-electron chi connectivity index (χ4n) is 3.06. The third-order valence-electron chi connectivity index (χ3n) is 4.20. The van der Waals surface area contributed by atoms with Crippen molar-refractivity contribution in [2.75, 3.05) is 28.2 Å². The average molecular weight is 301 g/mol. The van der Waals surface area contributed by atoms with Gasteiger partial charge in [0.2, 0.25) is 0 Å². The van der Waals surface area contributed by atoms with Gasteiger partial charge in [-0.3, -0.25) is 0 Å². The number of fused-ring (bicyclic) bond motifs is 1. The second-order valence-electron chi connectivity index (χ2n) is 8.77. The molecule has 0 aromatic carbocycles. The number of amidine groups is 1. The maximum absolute atomic E-state index is 4.95. The largest absolute Gasteiger partial charge is 0.362 e. The van der Waals surface area contributed by atoms with Crippen molar-refractivity contribution in [2.45, 2.75) is 41.5 Å². The predicted octanol–water partition coefficient (Wildman–Crippen LogP) is 4.06. The average Bonchev–Trinajstić information content (AvgIpc) is 2.81. The van der Waals surface area contributed by atoms with Gasteiger partial charge in [-0.2, -0.15) is 0 Å². The first kappa shape index (κ1) is 16.9. The van der Waals surface area contributed by atoms with Crippen LogP contribution in [0.4, 0.5) is 0 Å². The van der Waals surface area contributed by atoms with E-state index in [9.17, 15) is 0 Å². The molecule has 0 bridgehead atoms. The van der Waals surface area contributed by atoms with E-state index in [2.05, 4.69) is 85.6 Å². The fourth-order valence-corrected chi connectivity index (χ4v) is 3.06. The molecule has 0 saturated carbocycles. The molecule has 0 N–H and O–H groups in total. The van der Waals surface area contributed by atoms with Gasteiger partial charge in [-0.15, -0.1) is 0 Å². The smallest absolute Gasteiger partial charge is 0.138 e. The third-order valence-corrected chi connectivity index (χ3v) is 4.20. The summed E-state index contributed by atoms with van der Waals surface area (Å²) in [7, 11) is 8.32. The number of allylic oxidation sites excluding steroid dienone is 3. The zero-order chi connectivity index (χ0) is 17.0. The van der Waals surface area contributed by atoms with Gasteiger partial charge in [-0.25, -0.2) is 4.99 Å². The van der Waals surface area contributed by atoms with Gasteiger partial charge in [0, 0.05) is 39.3 Å². The molecule has 0 spiro atoms. The summed E-state index contributed by atoms with van der Waals surface area (Å²) in [6.07, 6.45) is 2.41. The van der Waals surface area contributed by atoms with Gasteiger partial charge in [0.05, 0.1) is 0 Å². The van der Waals surface area contributed by atoms with Crippen LogP contribution < -0.4 is 0 Å². The second-order valence-corrected chi connectivity index (χ2v) is 8.77. The Morgan fingerprint density at radius 1 is 0.773 bits per heavy atom. The summed E-state index contributed by atoms with van der Waals surface area (Å²) >= 11 is 0. The predicted molar refractivity (Wildman–Crippen MR) is 95.9 cm³/mol. The van der Waals surface area contributed by atoms with Gasteiger partial charge in [-0.05, 0) is 22.0 Å². The zero-order valence-electron chi connectivity index (χ0n) is 15.9. The fraction of sp³-hybridized carbons (Fsp3) is 0.632. The summed E-state index contributed by atoms with van der Waals surface area (Å²) in [5, 5.41) is 0. The number of aliphatic imine (C=N–C) groups is 1. The molecular formula is C19H31N3. The van der Waals surface area contributed by atoms with E-state index in [1.807, 2.05) is 0 Å². The molecule has 2 aliphatic rings. The second kappa shape index (κ2) is 5.00. The molecule has 0 amide bonds. The summed E-state index contributed by atoms with van der Waals surface area (Å²) in [6, 6.07) is 0. The van der Waals surface area contributed by atoms with E-state index in [0.29, 0.717) is 0 Å². The first-order valence-corrected chi connectivity index (χ1v) is 8.01. The molecule has 122 valence electrons. The number of rotatable bonds is 1. The van der Waals surface area contributed by atoms with Crippen molar-refractivity contribution in [3.8, 4) is 0 Å². The van der Waals surface area contributed by atoms with Crippen molar-refractivity contribution in [1.29, 1.82) is 0 Å². The minimum absolute atomic E-state index is 0.103. The SMILES string of the molecule is CN(C)C1=NC(N(C)C)=C2C(C(C)(C)C)=CC(C(C)(C)C)=C12. The highest BCUT2D eigenvalue weighted by Gasteiger charge is 2.41. The first-order valence-electron chi connectivity index (χ1n) is 8.01. The van der Waals surface area contributed by atoms with Crippen LogP contribution >= 0.6 is 0 Å².